The molecule has 0 radical (unpaired) electrons. The van der Waals surface area contributed by atoms with E-state index in [2.05, 4.69) is 12.2 Å². The fraction of sp³-hybridized carbons (Fsp3) is 1.00. The molecule has 3 heteroatoms. The first-order valence-electron chi connectivity index (χ1n) is 4.31. The Morgan fingerprint density at radius 1 is 1.73 bits per heavy atom. The van der Waals surface area contributed by atoms with Gasteiger partial charge in [0.15, 0.2) is 0 Å². The van der Waals surface area contributed by atoms with E-state index in [0.717, 1.165) is 26.1 Å². The van der Waals surface area contributed by atoms with Crippen molar-refractivity contribution >= 4 is 0 Å². The third kappa shape index (κ3) is 2.77. The van der Waals surface area contributed by atoms with Crippen LogP contribution in [0.1, 0.15) is 19.8 Å². The van der Waals surface area contributed by atoms with Crippen LogP contribution in [0.2, 0.25) is 0 Å². The molecule has 0 aromatic carbocycles. The van der Waals surface area contributed by atoms with Crippen molar-refractivity contribution in [3.05, 3.63) is 0 Å². The summed E-state index contributed by atoms with van der Waals surface area (Å²) in [6.45, 7) is 3.97. The first-order valence-corrected chi connectivity index (χ1v) is 4.31. The number of aliphatic hydroxyl groups excluding tert-OH is 1. The van der Waals surface area contributed by atoms with Crippen molar-refractivity contribution in [2.75, 3.05) is 19.8 Å². The van der Waals surface area contributed by atoms with E-state index < -0.39 is 0 Å². The number of nitrogens with one attached hydrogen (secondary N) is 1. The standard InChI is InChI=1S/C8H17NO2/c1-2-7(5-10)9-8-3-4-11-6-8/h7-10H,2-6H2,1H3. The molecule has 2 N–H and O–H groups in total. The van der Waals surface area contributed by atoms with Crippen molar-refractivity contribution in [1.82, 2.24) is 5.32 Å². The van der Waals surface area contributed by atoms with Gasteiger partial charge in [-0.2, -0.15) is 0 Å². The highest BCUT2D eigenvalue weighted by molar-refractivity contribution is 4.75. The molecule has 1 saturated heterocycles. The molecule has 0 aromatic heterocycles. The summed E-state index contributed by atoms with van der Waals surface area (Å²) in [5.74, 6) is 0. The van der Waals surface area contributed by atoms with Crippen LogP contribution < -0.4 is 5.32 Å². The monoisotopic (exact) mass is 159 g/mol. The molecule has 0 amide bonds. The quantitative estimate of drug-likeness (QED) is 0.613. The Labute approximate surface area is 67.7 Å². The molecule has 1 aliphatic rings. The zero-order valence-electron chi connectivity index (χ0n) is 7.05. The van der Waals surface area contributed by atoms with Gasteiger partial charge in [0.25, 0.3) is 0 Å². The van der Waals surface area contributed by atoms with E-state index in [-0.39, 0.29) is 12.6 Å². The molecule has 0 bridgehead atoms. The molecule has 3 nitrogen and oxygen atoms in total. The number of ether oxygens (including phenoxy) is 1. The van der Waals surface area contributed by atoms with Gasteiger partial charge in [-0.1, -0.05) is 6.92 Å². The third-order valence-electron chi connectivity index (χ3n) is 2.11. The first-order chi connectivity index (χ1) is 5.36. The number of aliphatic hydroxyl groups is 1. The van der Waals surface area contributed by atoms with Crippen LogP contribution in [-0.2, 0) is 4.74 Å². The number of hydrogen-bond acceptors (Lipinski definition) is 3. The molecule has 2 atom stereocenters. The van der Waals surface area contributed by atoms with Crippen molar-refractivity contribution in [3.8, 4) is 0 Å². The minimum absolute atomic E-state index is 0.229. The molecule has 66 valence electrons. The molecule has 1 rings (SSSR count). The van der Waals surface area contributed by atoms with Crippen LogP contribution in [0, 0.1) is 0 Å². The van der Waals surface area contributed by atoms with Crippen molar-refractivity contribution in [3.63, 3.8) is 0 Å². The fourth-order valence-corrected chi connectivity index (χ4v) is 1.30. The van der Waals surface area contributed by atoms with Gasteiger partial charge < -0.3 is 15.2 Å². The summed E-state index contributed by atoms with van der Waals surface area (Å²) in [7, 11) is 0. The zero-order chi connectivity index (χ0) is 8.10. The van der Waals surface area contributed by atoms with E-state index in [1.54, 1.807) is 0 Å². The lowest BCUT2D eigenvalue weighted by atomic mass is 10.2. The Kier molecular flexibility index (Phi) is 3.83. The molecule has 2 unspecified atom stereocenters. The van der Waals surface area contributed by atoms with Gasteiger partial charge in [0, 0.05) is 18.7 Å². The molecule has 0 spiro atoms. The first kappa shape index (κ1) is 8.97. The predicted octanol–water partition coefficient (Wildman–Crippen LogP) is 0.136. The van der Waals surface area contributed by atoms with E-state index in [1.807, 2.05) is 0 Å². The lowest BCUT2D eigenvalue weighted by molar-refractivity contribution is 0.179. The van der Waals surface area contributed by atoms with Crippen LogP contribution in [0.4, 0.5) is 0 Å². The number of rotatable bonds is 4. The van der Waals surface area contributed by atoms with Crippen LogP contribution in [0.5, 0.6) is 0 Å². The lowest BCUT2D eigenvalue weighted by Gasteiger charge is -2.18. The molecule has 1 fully saturated rings. The normalized spacial score (nSPS) is 27.3. The van der Waals surface area contributed by atoms with Crippen LogP contribution in [0.25, 0.3) is 0 Å². The van der Waals surface area contributed by atoms with Crippen molar-refractivity contribution < 1.29 is 9.84 Å². The highest BCUT2D eigenvalue weighted by atomic mass is 16.5. The van der Waals surface area contributed by atoms with Gasteiger partial charge >= 0.3 is 0 Å². The maximum Gasteiger partial charge on any atom is 0.0620 e. The molecule has 0 aromatic rings. The summed E-state index contributed by atoms with van der Waals surface area (Å²) in [5, 5.41) is 12.2. The maximum absolute atomic E-state index is 8.88. The largest absolute Gasteiger partial charge is 0.395 e. The summed E-state index contributed by atoms with van der Waals surface area (Å²) < 4.78 is 5.20. The summed E-state index contributed by atoms with van der Waals surface area (Å²) in [6.07, 6.45) is 2.06. The molecule has 1 aliphatic heterocycles. The van der Waals surface area contributed by atoms with Gasteiger partial charge in [-0.05, 0) is 12.8 Å². The van der Waals surface area contributed by atoms with Crippen molar-refractivity contribution in [1.29, 1.82) is 0 Å². The fourth-order valence-electron chi connectivity index (χ4n) is 1.30. The highest BCUT2D eigenvalue weighted by Gasteiger charge is 2.17. The Hall–Kier alpha value is -0.120. The maximum atomic E-state index is 8.88. The topological polar surface area (TPSA) is 41.5 Å². The molecule has 0 aliphatic carbocycles. The molecule has 11 heavy (non-hydrogen) atoms. The average molecular weight is 159 g/mol. The van der Waals surface area contributed by atoms with Crippen LogP contribution >= 0.6 is 0 Å². The summed E-state index contributed by atoms with van der Waals surface area (Å²) in [4.78, 5) is 0. The van der Waals surface area contributed by atoms with Gasteiger partial charge in [-0.15, -0.1) is 0 Å². The number of hydrogen-bond donors (Lipinski definition) is 2. The Morgan fingerprint density at radius 3 is 3.00 bits per heavy atom. The summed E-state index contributed by atoms with van der Waals surface area (Å²) in [6, 6.07) is 0.716. The summed E-state index contributed by atoms with van der Waals surface area (Å²) in [5.41, 5.74) is 0. The molecule has 1 heterocycles. The van der Waals surface area contributed by atoms with Crippen LogP contribution in [0.15, 0.2) is 0 Å². The predicted molar refractivity (Wildman–Crippen MR) is 43.5 cm³/mol. The second-order valence-electron chi connectivity index (χ2n) is 3.01. The van der Waals surface area contributed by atoms with Gasteiger partial charge in [0.05, 0.1) is 13.2 Å². The van der Waals surface area contributed by atoms with Gasteiger partial charge in [0.1, 0.15) is 0 Å². The van der Waals surface area contributed by atoms with E-state index in [1.165, 1.54) is 0 Å². The highest BCUT2D eigenvalue weighted by Crippen LogP contribution is 2.05. The van der Waals surface area contributed by atoms with E-state index in [9.17, 15) is 0 Å². The van der Waals surface area contributed by atoms with Crippen LogP contribution in [-0.4, -0.2) is 37.0 Å². The third-order valence-corrected chi connectivity index (χ3v) is 2.11. The molecular formula is C8H17NO2. The SMILES string of the molecule is CCC(CO)NC1CCOC1. The average Bonchev–Trinajstić information content (AvgIpc) is 2.52. The van der Waals surface area contributed by atoms with Crippen molar-refractivity contribution in [2.24, 2.45) is 0 Å². The Balaban J connectivity index is 2.16. The Morgan fingerprint density at radius 2 is 2.55 bits per heavy atom. The van der Waals surface area contributed by atoms with Gasteiger partial charge in [-0.25, -0.2) is 0 Å². The van der Waals surface area contributed by atoms with E-state index in [4.69, 9.17) is 9.84 Å². The lowest BCUT2D eigenvalue weighted by Crippen LogP contribution is -2.40. The minimum atomic E-state index is 0.229. The van der Waals surface area contributed by atoms with Crippen molar-refractivity contribution in [2.45, 2.75) is 31.8 Å². The second-order valence-corrected chi connectivity index (χ2v) is 3.01. The van der Waals surface area contributed by atoms with E-state index in [0.29, 0.717) is 6.04 Å². The minimum Gasteiger partial charge on any atom is -0.395 e. The second kappa shape index (κ2) is 4.70. The smallest absolute Gasteiger partial charge is 0.0620 e. The zero-order valence-corrected chi connectivity index (χ0v) is 7.05. The molecular weight excluding hydrogens is 142 g/mol. The van der Waals surface area contributed by atoms with Crippen LogP contribution in [0.3, 0.4) is 0 Å². The van der Waals surface area contributed by atoms with E-state index >= 15 is 0 Å². The van der Waals surface area contributed by atoms with Gasteiger partial charge in [0.2, 0.25) is 0 Å². The summed E-state index contributed by atoms with van der Waals surface area (Å²) >= 11 is 0. The Bertz CT molecular complexity index is 98.3. The molecule has 0 saturated carbocycles. The van der Waals surface area contributed by atoms with Gasteiger partial charge in [-0.3, -0.25) is 0 Å².